The molecule has 1 unspecified atom stereocenters. The molecule has 0 aliphatic carbocycles. The highest BCUT2D eigenvalue weighted by Crippen LogP contribution is 2.47. The van der Waals surface area contributed by atoms with Crippen molar-refractivity contribution in [3.8, 4) is 40.1 Å². The minimum absolute atomic E-state index is 0.0371. The van der Waals surface area contributed by atoms with Gasteiger partial charge in [-0.05, 0) is 42.0 Å². The molecule has 1 aromatic heterocycles. The molecule has 0 bridgehead atoms. The van der Waals surface area contributed by atoms with E-state index in [0.29, 0.717) is 16.7 Å². The molecule has 0 saturated carbocycles. The zero-order valence-electron chi connectivity index (χ0n) is 17.4. The number of phenols is 3. The van der Waals surface area contributed by atoms with E-state index in [1.54, 1.807) is 24.3 Å². The molecule has 4 aromatic rings. The quantitative estimate of drug-likeness (QED) is 0.318. The Balaban J connectivity index is 1.80. The third-order valence-corrected chi connectivity index (χ3v) is 5.68. The molecule has 0 spiro atoms. The van der Waals surface area contributed by atoms with E-state index in [2.05, 4.69) is 0 Å². The lowest BCUT2D eigenvalue weighted by Gasteiger charge is -2.26. The number of phenolic OH excluding ortho intramolecular Hbond substituents is 3. The zero-order chi connectivity index (χ0) is 23.3. The Morgan fingerprint density at radius 1 is 0.939 bits per heavy atom. The minimum Gasteiger partial charge on any atom is -0.508 e. The maximum atomic E-state index is 13.0. The number of rotatable bonds is 3. The number of carbonyl (C=O) groups is 1. The molecule has 1 atom stereocenters. The summed E-state index contributed by atoms with van der Waals surface area (Å²) in [6.07, 6.45) is -0.0477. The standard InChI is InChI=1S/C25H18O8/c1-31-20-8-13(4-7-16(20)27)15-9-22(30)32-21-11-18(29)24-17(28)10-19(33-25(24)23(15)21)12-2-5-14(26)6-3-12/h2-8,10-11,15,26-27,29H,9H2,1H3. The second-order valence-corrected chi connectivity index (χ2v) is 7.70. The monoisotopic (exact) mass is 446 g/mol. The van der Waals surface area contributed by atoms with E-state index in [1.807, 2.05) is 0 Å². The molecule has 1 aliphatic rings. The summed E-state index contributed by atoms with van der Waals surface area (Å²) < 4.78 is 16.7. The lowest BCUT2D eigenvalue weighted by molar-refractivity contribution is -0.135. The number of methoxy groups -OCH3 is 1. The van der Waals surface area contributed by atoms with Crippen molar-refractivity contribution in [2.24, 2.45) is 0 Å². The van der Waals surface area contributed by atoms with Gasteiger partial charge in [0.2, 0.25) is 0 Å². The summed E-state index contributed by atoms with van der Waals surface area (Å²) in [5.74, 6) is -0.943. The number of ether oxygens (including phenoxy) is 2. The molecule has 0 fully saturated rings. The summed E-state index contributed by atoms with van der Waals surface area (Å²) in [7, 11) is 1.42. The lowest BCUT2D eigenvalue weighted by atomic mass is 9.85. The molecule has 8 nitrogen and oxygen atoms in total. The number of fused-ring (bicyclic) bond motifs is 3. The SMILES string of the molecule is COc1cc(C2CC(=O)Oc3cc(O)c4c(=O)cc(-c5ccc(O)cc5)oc4c32)ccc1O. The summed E-state index contributed by atoms with van der Waals surface area (Å²) in [4.78, 5) is 25.3. The van der Waals surface area contributed by atoms with Gasteiger partial charge in [0.15, 0.2) is 16.9 Å². The van der Waals surface area contributed by atoms with Crippen LogP contribution in [-0.2, 0) is 4.79 Å². The van der Waals surface area contributed by atoms with Crippen LogP contribution in [-0.4, -0.2) is 28.4 Å². The summed E-state index contributed by atoms with van der Waals surface area (Å²) in [5.41, 5.74) is 1.21. The van der Waals surface area contributed by atoms with Crippen LogP contribution in [0.25, 0.3) is 22.3 Å². The molecule has 0 radical (unpaired) electrons. The predicted molar refractivity (Wildman–Crippen MR) is 118 cm³/mol. The zero-order valence-corrected chi connectivity index (χ0v) is 17.4. The maximum Gasteiger partial charge on any atom is 0.312 e. The first-order chi connectivity index (χ1) is 15.9. The fourth-order valence-electron chi connectivity index (χ4n) is 4.12. The van der Waals surface area contributed by atoms with Crippen molar-refractivity contribution in [2.45, 2.75) is 12.3 Å². The van der Waals surface area contributed by atoms with E-state index in [0.717, 1.165) is 0 Å². The van der Waals surface area contributed by atoms with Crippen LogP contribution < -0.4 is 14.9 Å². The van der Waals surface area contributed by atoms with Crippen molar-refractivity contribution < 1.29 is 34.0 Å². The van der Waals surface area contributed by atoms with Crippen LogP contribution in [0.15, 0.2) is 63.8 Å². The number of carbonyl (C=O) groups excluding carboxylic acids is 1. The van der Waals surface area contributed by atoms with Crippen LogP contribution in [0.4, 0.5) is 0 Å². The molecule has 0 saturated heterocycles. The first-order valence-electron chi connectivity index (χ1n) is 10.1. The molecule has 1 aliphatic heterocycles. The van der Waals surface area contributed by atoms with Crippen LogP contribution >= 0.6 is 0 Å². The summed E-state index contributed by atoms with van der Waals surface area (Å²) in [6.45, 7) is 0. The van der Waals surface area contributed by atoms with E-state index in [1.165, 1.54) is 37.4 Å². The van der Waals surface area contributed by atoms with Gasteiger partial charge in [0.25, 0.3) is 0 Å². The third-order valence-electron chi connectivity index (χ3n) is 5.68. The van der Waals surface area contributed by atoms with Gasteiger partial charge in [-0.3, -0.25) is 9.59 Å². The fourth-order valence-corrected chi connectivity index (χ4v) is 4.12. The van der Waals surface area contributed by atoms with Gasteiger partial charge in [-0.2, -0.15) is 0 Å². The maximum absolute atomic E-state index is 13.0. The van der Waals surface area contributed by atoms with Crippen molar-refractivity contribution >= 4 is 16.9 Å². The van der Waals surface area contributed by atoms with Crippen molar-refractivity contribution in [1.29, 1.82) is 0 Å². The van der Waals surface area contributed by atoms with Gasteiger partial charge in [-0.15, -0.1) is 0 Å². The van der Waals surface area contributed by atoms with Gasteiger partial charge in [0.1, 0.15) is 34.0 Å². The highest BCUT2D eigenvalue weighted by Gasteiger charge is 2.34. The van der Waals surface area contributed by atoms with Crippen molar-refractivity contribution in [1.82, 2.24) is 0 Å². The van der Waals surface area contributed by atoms with Crippen LogP contribution in [0.3, 0.4) is 0 Å². The topological polar surface area (TPSA) is 126 Å². The Morgan fingerprint density at radius 2 is 1.70 bits per heavy atom. The van der Waals surface area contributed by atoms with Gasteiger partial charge in [0.05, 0.1) is 13.5 Å². The lowest BCUT2D eigenvalue weighted by Crippen LogP contribution is -2.22. The van der Waals surface area contributed by atoms with Crippen LogP contribution in [0.2, 0.25) is 0 Å². The van der Waals surface area contributed by atoms with E-state index in [4.69, 9.17) is 13.9 Å². The van der Waals surface area contributed by atoms with E-state index in [9.17, 15) is 24.9 Å². The second kappa shape index (κ2) is 7.59. The van der Waals surface area contributed by atoms with E-state index in [-0.39, 0.29) is 51.9 Å². The number of esters is 1. The van der Waals surface area contributed by atoms with Crippen molar-refractivity contribution in [3.63, 3.8) is 0 Å². The van der Waals surface area contributed by atoms with Gasteiger partial charge in [0, 0.05) is 29.2 Å². The second-order valence-electron chi connectivity index (χ2n) is 7.70. The molecular weight excluding hydrogens is 428 g/mol. The van der Waals surface area contributed by atoms with Crippen molar-refractivity contribution in [3.05, 3.63) is 75.9 Å². The molecule has 3 aromatic carbocycles. The predicted octanol–water partition coefficient (Wildman–Crippen LogP) is 4.03. The number of hydrogen-bond donors (Lipinski definition) is 3. The smallest absolute Gasteiger partial charge is 0.312 e. The normalized spacial score (nSPS) is 15.2. The molecule has 8 heteroatoms. The molecule has 2 heterocycles. The number of hydrogen-bond acceptors (Lipinski definition) is 8. The number of aromatic hydroxyl groups is 3. The minimum atomic E-state index is -0.586. The van der Waals surface area contributed by atoms with Crippen LogP contribution in [0.5, 0.6) is 28.7 Å². The average molecular weight is 446 g/mol. The van der Waals surface area contributed by atoms with Gasteiger partial charge >= 0.3 is 5.97 Å². The third kappa shape index (κ3) is 3.41. The van der Waals surface area contributed by atoms with Gasteiger partial charge in [-0.25, -0.2) is 0 Å². The average Bonchev–Trinajstić information content (AvgIpc) is 2.78. The Kier molecular flexibility index (Phi) is 4.70. The molecular formula is C25H18O8. The fraction of sp³-hybridized carbons (Fsp3) is 0.120. The largest absolute Gasteiger partial charge is 0.508 e. The van der Waals surface area contributed by atoms with E-state index >= 15 is 0 Å². The molecule has 3 N–H and O–H groups in total. The van der Waals surface area contributed by atoms with E-state index < -0.39 is 17.3 Å². The highest BCUT2D eigenvalue weighted by molar-refractivity contribution is 5.93. The Morgan fingerprint density at radius 3 is 2.42 bits per heavy atom. The molecule has 33 heavy (non-hydrogen) atoms. The highest BCUT2D eigenvalue weighted by atomic mass is 16.5. The summed E-state index contributed by atoms with van der Waals surface area (Å²) in [6, 6.07) is 13.3. The van der Waals surface area contributed by atoms with Crippen LogP contribution in [0.1, 0.15) is 23.5 Å². The summed E-state index contributed by atoms with van der Waals surface area (Å²) >= 11 is 0. The first-order valence-corrected chi connectivity index (χ1v) is 10.1. The Labute approximate surface area is 186 Å². The number of benzene rings is 3. The first kappa shape index (κ1) is 20.4. The van der Waals surface area contributed by atoms with Crippen molar-refractivity contribution in [2.75, 3.05) is 7.11 Å². The van der Waals surface area contributed by atoms with Crippen LogP contribution in [0, 0.1) is 0 Å². The molecule has 5 rings (SSSR count). The Bertz CT molecular complexity index is 1470. The van der Waals surface area contributed by atoms with Gasteiger partial charge in [-0.1, -0.05) is 6.07 Å². The molecule has 0 amide bonds. The summed E-state index contributed by atoms with van der Waals surface area (Å²) in [5, 5.41) is 30.0. The van der Waals surface area contributed by atoms with Gasteiger partial charge < -0.3 is 29.2 Å². The Hall–Kier alpha value is -4.46. The molecule has 166 valence electrons.